The van der Waals surface area contributed by atoms with Gasteiger partial charge in [-0.05, 0) is 127 Å². The van der Waals surface area contributed by atoms with Crippen LogP contribution in [0.4, 0.5) is 34.5 Å². The molecule has 3 aromatic heterocycles. The molecular formula is C80H85ClN14O11. The molecule has 8 N–H and O–H groups in total. The normalized spacial score (nSPS) is 12.5. The Morgan fingerprint density at radius 3 is 1.17 bits per heavy atom. The first kappa shape index (κ1) is 77.9. The van der Waals surface area contributed by atoms with Crippen LogP contribution in [0.5, 0.6) is 0 Å². The van der Waals surface area contributed by atoms with Gasteiger partial charge in [0.05, 0.1) is 32.4 Å². The van der Waals surface area contributed by atoms with Crippen molar-refractivity contribution in [3.63, 3.8) is 0 Å². The van der Waals surface area contributed by atoms with Crippen molar-refractivity contribution >= 4 is 99.6 Å². The lowest BCUT2D eigenvalue weighted by molar-refractivity contribution is -0.137. The maximum absolute atomic E-state index is 12.6. The summed E-state index contributed by atoms with van der Waals surface area (Å²) in [5.74, 6) is -0.702. The second-order valence-corrected chi connectivity index (χ2v) is 26.4. The van der Waals surface area contributed by atoms with Crippen molar-refractivity contribution in [1.82, 2.24) is 40.5 Å². The fourth-order valence-corrected chi connectivity index (χ4v) is 12.0. The zero-order valence-corrected chi connectivity index (χ0v) is 60.1. The van der Waals surface area contributed by atoms with E-state index in [2.05, 4.69) is 56.5 Å². The number of carbonyl (C=O) groups is 8. The molecule has 2 saturated carbocycles. The standard InChI is InChI=1S/C30H33N5O4.C28H31N5O4.C22H21ClN4O3/c1-35(20-28(37)33-24-9-5-6-10-24)30-23(18-29(38)39)19-31-26(34-30)17-22-11-14-25(15-12-22)32-27(36)16-13-21-7-3-2-4-8-21;1-33(18-25(34)30-22-9-5-6-10-22)27-21(16-26(35)36)17-29-24(32-27)15-19-11-13-23(14-12-19)31-28(37)20-7-3-2-4-8-20;1-27(2)21-16(12-20(28)29)13-24-19(26-21)11-14-3-9-18(10-4-14)25-22(30)15-5-7-17(23)8-6-15/h2-4,7-8,11-16,19,24H,5-6,9-10,17-18,20H2,1H3,(H,32,36)(H,33,37)(H,38,39);2-4,7-8,11-14,17,22H,5-6,9-10,15-16,18H2,1H3,(H,30,34)(H,31,37)(H,35,36);3-10,13H,11-12H2,1-2H3,(H,25,30)(H,28,29)/b16-13+;;. The second-order valence-electron chi connectivity index (χ2n) is 26.0. The number of aromatic nitrogens is 6. The summed E-state index contributed by atoms with van der Waals surface area (Å²) in [4.78, 5) is 128. The van der Waals surface area contributed by atoms with Gasteiger partial charge in [-0.3, -0.25) is 38.4 Å². The molecule has 3 heterocycles. The number of carboxylic acids is 3. The average Bonchev–Trinajstić information content (AvgIpc) is 1.12. The maximum Gasteiger partial charge on any atom is 0.308 e. The summed E-state index contributed by atoms with van der Waals surface area (Å²) >= 11 is 5.85. The van der Waals surface area contributed by atoms with E-state index in [4.69, 9.17) is 16.7 Å². The molecule has 0 aliphatic heterocycles. The predicted octanol–water partition coefficient (Wildman–Crippen LogP) is 10.9. The third kappa shape index (κ3) is 25.0. The number of nitrogens with zero attached hydrogens (tertiary/aromatic N) is 9. The lowest BCUT2D eigenvalue weighted by Crippen LogP contribution is -2.40. The Kier molecular flexibility index (Phi) is 28.6. The van der Waals surface area contributed by atoms with Crippen LogP contribution in [0.1, 0.15) is 128 Å². The molecule has 2 aliphatic carbocycles. The van der Waals surface area contributed by atoms with Crippen molar-refractivity contribution in [2.24, 2.45) is 0 Å². The third-order valence-electron chi connectivity index (χ3n) is 17.1. The summed E-state index contributed by atoms with van der Waals surface area (Å²) in [5, 5.41) is 42.9. The van der Waals surface area contributed by atoms with Crippen LogP contribution in [-0.4, -0.2) is 146 Å². The highest BCUT2D eigenvalue weighted by atomic mass is 35.5. The summed E-state index contributed by atoms with van der Waals surface area (Å²) in [6.07, 6.45) is 17.0. The van der Waals surface area contributed by atoms with Crippen LogP contribution in [0.2, 0.25) is 5.02 Å². The molecule has 548 valence electrons. The van der Waals surface area contributed by atoms with Gasteiger partial charge < -0.3 is 56.6 Å². The van der Waals surface area contributed by atoms with Gasteiger partial charge in [0.15, 0.2) is 0 Å². The number of nitrogens with one attached hydrogen (secondary N) is 5. The molecule has 0 radical (unpaired) electrons. The van der Waals surface area contributed by atoms with Gasteiger partial charge in [-0.15, -0.1) is 0 Å². The predicted molar refractivity (Wildman–Crippen MR) is 407 cm³/mol. The quantitative estimate of drug-likeness (QED) is 0.0211. The minimum absolute atomic E-state index is 0.0761. The van der Waals surface area contributed by atoms with Crippen molar-refractivity contribution in [1.29, 1.82) is 0 Å². The summed E-state index contributed by atoms with van der Waals surface area (Å²) in [5.41, 5.74) is 8.33. The Morgan fingerprint density at radius 2 is 0.792 bits per heavy atom. The van der Waals surface area contributed by atoms with Crippen LogP contribution in [0.15, 0.2) is 182 Å². The van der Waals surface area contributed by atoms with Gasteiger partial charge in [0.2, 0.25) is 17.7 Å². The van der Waals surface area contributed by atoms with Gasteiger partial charge in [-0.1, -0.05) is 122 Å². The summed E-state index contributed by atoms with van der Waals surface area (Å²) in [7, 11) is 7.09. The molecule has 11 rings (SSSR count). The molecule has 106 heavy (non-hydrogen) atoms. The van der Waals surface area contributed by atoms with E-state index in [9.17, 15) is 48.6 Å². The molecule has 25 nitrogen and oxygen atoms in total. The number of hydrogen-bond donors (Lipinski definition) is 8. The van der Waals surface area contributed by atoms with E-state index in [1.54, 1.807) is 77.5 Å². The number of carboxylic acid groups (broad SMARTS) is 3. The lowest BCUT2D eigenvalue weighted by atomic mass is 10.1. The topological polar surface area (TPSA) is 344 Å². The van der Waals surface area contributed by atoms with E-state index >= 15 is 0 Å². The highest BCUT2D eigenvalue weighted by Crippen LogP contribution is 2.25. The Balaban J connectivity index is 0.000000186. The largest absolute Gasteiger partial charge is 0.481 e. The van der Waals surface area contributed by atoms with Crippen LogP contribution < -0.4 is 41.3 Å². The first-order chi connectivity index (χ1) is 51.0. The number of halogens is 1. The molecule has 0 unspecified atom stereocenters. The molecule has 9 aromatic rings. The van der Waals surface area contributed by atoms with E-state index < -0.39 is 17.9 Å². The van der Waals surface area contributed by atoms with Crippen molar-refractivity contribution in [3.8, 4) is 0 Å². The summed E-state index contributed by atoms with van der Waals surface area (Å²) in [6, 6.07) is 47.8. The zero-order chi connectivity index (χ0) is 75.5. The highest BCUT2D eigenvalue weighted by molar-refractivity contribution is 6.30. The monoisotopic (exact) mass is 1450 g/mol. The molecular weight excluding hydrogens is 1370 g/mol. The summed E-state index contributed by atoms with van der Waals surface area (Å²) < 4.78 is 0. The summed E-state index contributed by atoms with van der Waals surface area (Å²) in [6.45, 7) is 0.155. The molecule has 0 bridgehead atoms. The Bertz CT molecular complexity index is 4520. The first-order valence-electron chi connectivity index (χ1n) is 34.7. The fourth-order valence-electron chi connectivity index (χ4n) is 11.9. The van der Waals surface area contributed by atoms with Crippen molar-refractivity contribution in [3.05, 3.63) is 255 Å². The number of carbonyl (C=O) groups excluding carboxylic acids is 5. The van der Waals surface area contributed by atoms with Crippen LogP contribution in [0.25, 0.3) is 6.08 Å². The average molecular weight is 1450 g/mol. The van der Waals surface area contributed by atoms with Crippen LogP contribution in [0.3, 0.4) is 0 Å². The highest BCUT2D eigenvalue weighted by Gasteiger charge is 2.24. The van der Waals surface area contributed by atoms with E-state index in [1.807, 2.05) is 135 Å². The van der Waals surface area contributed by atoms with E-state index in [0.29, 0.717) is 104 Å². The molecule has 26 heteroatoms. The number of anilines is 6. The molecule has 2 fully saturated rings. The van der Waals surface area contributed by atoms with Gasteiger partial charge >= 0.3 is 17.9 Å². The molecule has 5 amide bonds. The maximum atomic E-state index is 12.6. The lowest BCUT2D eigenvalue weighted by Gasteiger charge is -2.22. The minimum atomic E-state index is -0.993. The Morgan fingerprint density at radius 1 is 0.443 bits per heavy atom. The first-order valence-corrected chi connectivity index (χ1v) is 35.0. The zero-order valence-electron chi connectivity index (χ0n) is 59.4. The number of benzene rings is 6. The van der Waals surface area contributed by atoms with Gasteiger partial charge in [-0.2, -0.15) is 0 Å². The van der Waals surface area contributed by atoms with Crippen LogP contribution in [0, 0.1) is 0 Å². The Hall–Kier alpha value is -12.3. The molecule has 0 spiro atoms. The van der Waals surface area contributed by atoms with Crippen molar-refractivity contribution < 1.29 is 53.7 Å². The number of amides is 5. The molecule has 6 aromatic carbocycles. The number of rotatable bonds is 28. The fraction of sp³-hybridized carbons (Fsp3) is 0.275. The molecule has 2 aliphatic rings. The molecule has 0 atom stereocenters. The van der Waals surface area contributed by atoms with Gasteiger partial charge in [0.1, 0.15) is 34.9 Å². The van der Waals surface area contributed by atoms with Gasteiger partial charge in [0, 0.05) is 134 Å². The van der Waals surface area contributed by atoms with Crippen molar-refractivity contribution in [2.45, 2.75) is 102 Å². The second kappa shape index (κ2) is 38.9. The smallest absolute Gasteiger partial charge is 0.308 e. The minimum Gasteiger partial charge on any atom is -0.481 e. The van der Waals surface area contributed by atoms with Crippen molar-refractivity contribution in [2.75, 3.05) is 71.9 Å². The van der Waals surface area contributed by atoms with Gasteiger partial charge in [-0.25, -0.2) is 29.9 Å². The SMILES string of the molecule is CN(C)c1nc(Cc2ccc(NC(=O)c3ccc(Cl)cc3)cc2)ncc1CC(=O)O.CN(CC(=O)NC1CCCC1)c1nc(Cc2ccc(NC(=O)/C=C/c3ccccc3)cc2)ncc1CC(=O)O.CN(CC(=O)NC1CCCC1)c1nc(Cc2ccc(NC(=O)c3ccccc3)cc2)ncc1CC(=O)O. The van der Waals surface area contributed by atoms with Crippen LogP contribution >= 0.6 is 11.6 Å². The van der Waals surface area contributed by atoms with Gasteiger partial charge in [0.25, 0.3) is 11.8 Å². The number of hydrogen-bond acceptors (Lipinski definition) is 17. The Labute approximate surface area is 619 Å². The third-order valence-corrected chi connectivity index (χ3v) is 17.4. The van der Waals surface area contributed by atoms with Crippen LogP contribution in [-0.2, 0) is 67.3 Å². The molecule has 0 saturated heterocycles. The number of aliphatic carboxylic acids is 3. The van der Waals surface area contributed by atoms with E-state index in [1.165, 1.54) is 18.5 Å². The number of likely N-dealkylation sites (N-methyl/N-ethyl adjacent to an activating group) is 2. The van der Waals surface area contributed by atoms with E-state index in [-0.39, 0.29) is 74.0 Å². The van der Waals surface area contributed by atoms with E-state index in [0.717, 1.165) is 73.6 Å².